The van der Waals surface area contributed by atoms with Crippen molar-refractivity contribution in [1.29, 1.82) is 5.41 Å². The quantitative estimate of drug-likeness (QED) is 0.579. The van der Waals surface area contributed by atoms with Gasteiger partial charge in [0.15, 0.2) is 0 Å². The maximum absolute atomic E-state index is 8.07. The zero-order valence-electron chi connectivity index (χ0n) is 15.9. The van der Waals surface area contributed by atoms with Gasteiger partial charge in [-0.2, -0.15) is 0 Å². The maximum atomic E-state index is 8.07. The Balaban J connectivity index is 1.93. The zero-order chi connectivity index (χ0) is 18.8. The van der Waals surface area contributed by atoms with Gasteiger partial charge in [-0.25, -0.2) is 0 Å². The molecule has 3 aromatic carbocycles. The molecule has 0 amide bonds. The molecular weight excluding hydrogens is 328 g/mol. The lowest BCUT2D eigenvalue weighted by Gasteiger charge is -2.17. The number of hydrogen-bond donors (Lipinski definition) is 1. The highest BCUT2D eigenvalue weighted by Crippen LogP contribution is 2.38. The van der Waals surface area contributed by atoms with Gasteiger partial charge in [0.1, 0.15) is 0 Å². The third-order valence-corrected chi connectivity index (χ3v) is 5.17. The molecular formula is C25H24N2. The molecule has 0 unspecified atom stereocenters. The van der Waals surface area contributed by atoms with Gasteiger partial charge in [0.2, 0.25) is 0 Å². The summed E-state index contributed by atoms with van der Waals surface area (Å²) in [5, 5.41) is 10.4. The Bertz CT molecular complexity index is 1070. The lowest BCUT2D eigenvalue weighted by atomic mass is 9.88. The van der Waals surface area contributed by atoms with Gasteiger partial charge < -0.3 is 10.3 Å². The van der Waals surface area contributed by atoms with Crippen LogP contribution in [0.5, 0.6) is 0 Å². The summed E-state index contributed by atoms with van der Waals surface area (Å²) in [6.07, 6.45) is 6.97. The molecule has 0 aromatic heterocycles. The van der Waals surface area contributed by atoms with E-state index in [2.05, 4.69) is 79.7 Å². The molecule has 134 valence electrons. The SMILES string of the molecule is CN(C)CC1=C(c2ccccc2-c2ccc3ccccc3c2C=N)CC=C1. The molecule has 0 fully saturated rings. The minimum Gasteiger partial charge on any atom is -0.308 e. The van der Waals surface area contributed by atoms with E-state index < -0.39 is 0 Å². The number of nitrogens with one attached hydrogen (secondary N) is 1. The summed E-state index contributed by atoms with van der Waals surface area (Å²) in [5.74, 6) is 0. The fraction of sp³-hybridized carbons (Fsp3) is 0.160. The van der Waals surface area contributed by atoms with Gasteiger partial charge in [-0.05, 0) is 59.1 Å². The van der Waals surface area contributed by atoms with Crippen LogP contribution in [0.15, 0.2) is 78.4 Å². The Hall–Kier alpha value is -2.97. The summed E-state index contributed by atoms with van der Waals surface area (Å²) in [4.78, 5) is 2.21. The lowest BCUT2D eigenvalue weighted by Crippen LogP contribution is -2.14. The maximum Gasteiger partial charge on any atom is 0.0262 e. The second kappa shape index (κ2) is 7.34. The monoisotopic (exact) mass is 352 g/mol. The Labute approximate surface area is 161 Å². The first-order valence-electron chi connectivity index (χ1n) is 9.34. The molecule has 0 heterocycles. The van der Waals surface area contributed by atoms with Crippen LogP contribution < -0.4 is 0 Å². The van der Waals surface area contributed by atoms with Crippen LogP contribution in [0.4, 0.5) is 0 Å². The van der Waals surface area contributed by atoms with Crippen molar-refractivity contribution < 1.29 is 0 Å². The molecule has 0 atom stereocenters. The number of rotatable bonds is 5. The van der Waals surface area contributed by atoms with Crippen LogP contribution in [-0.4, -0.2) is 31.8 Å². The number of benzene rings is 3. The smallest absolute Gasteiger partial charge is 0.0262 e. The zero-order valence-corrected chi connectivity index (χ0v) is 15.9. The molecule has 4 rings (SSSR count). The van der Waals surface area contributed by atoms with Crippen molar-refractivity contribution in [3.05, 3.63) is 89.5 Å². The summed E-state index contributed by atoms with van der Waals surface area (Å²) in [6.45, 7) is 0.940. The molecule has 0 saturated heterocycles. The van der Waals surface area contributed by atoms with Gasteiger partial charge in [-0.1, -0.05) is 72.8 Å². The van der Waals surface area contributed by atoms with Crippen molar-refractivity contribution in [2.24, 2.45) is 0 Å². The highest BCUT2D eigenvalue weighted by Gasteiger charge is 2.17. The fourth-order valence-corrected chi connectivity index (χ4v) is 3.99. The van der Waals surface area contributed by atoms with Crippen molar-refractivity contribution >= 4 is 22.6 Å². The third-order valence-electron chi connectivity index (χ3n) is 5.17. The Morgan fingerprint density at radius 1 is 0.889 bits per heavy atom. The first kappa shape index (κ1) is 17.4. The van der Waals surface area contributed by atoms with Crippen LogP contribution in [0.1, 0.15) is 17.5 Å². The van der Waals surface area contributed by atoms with Gasteiger partial charge >= 0.3 is 0 Å². The summed E-state index contributed by atoms with van der Waals surface area (Å²) < 4.78 is 0. The molecule has 1 aliphatic carbocycles. The van der Waals surface area contributed by atoms with Gasteiger partial charge in [0.25, 0.3) is 0 Å². The first-order valence-corrected chi connectivity index (χ1v) is 9.34. The number of nitrogens with zero attached hydrogens (tertiary/aromatic N) is 1. The van der Waals surface area contributed by atoms with E-state index in [9.17, 15) is 0 Å². The summed E-state index contributed by atoms with van der Waals surface area (Å²) in [7, 11) is 4.22. The lowest BCUT2D eigenvalue weighted by molar-refractivity contribution is 0.450. The number of hydrogen-bond acceptors (Lipinski definition) is 2. The van der Waals surface area contributed by atoms with E-state index in [0.29, 0.717) is 0 Å². The topological polar surface area (TPSA) is 27.1 Å². The normalized spacial score (nSPS) is 13.7. The minimum atomic E-state index is 0.940. The fourth-order valence-electron chi connectivity index (χ4n) is 3.99. The largest absolute Gasteiger partial charge is 0.308 e. The van der Waals surface area contributed by atoms with Crippen LogP contribution in [0, 0.1) is 5.41 Å². The molecule has 0 radical (unpaired) electrons. The van der Waals surface area contributed by atoms with Gasteiger partial charge in [-0.3, -0.25) is 0 Å². The summed E-state index contributed by atoms with van der Waals surface area (Å²) >= 11 is 0. The van der Waals surface area contributed by atoms with E-state index in [-0.39, 0.29) is 0 Å². The van der Waals surface area contributed by atoms with Crippen LogP contribution in [0.25, 0.3) is 27.5 Å². The molecule has 2 heteroatoms. The number of likely N-dealkylation sites (N-methyl/N-ethyl adjacent to an activating group) is 1. The number of allylic oxidation sites excluding steroid dienone is 2. The summed E-state index contributed by atoms with van der Waals surface area (Å²) in [5.41, 5.74) is 7.37. The molecule has 1 N–H and O–H groups in total. The van der Waals surface area contributed by atoms with Crippen LogP contribution in [0.3, 0.4) is 0 Å². The van der Waals surface area contributed by atoms with Gasteiger partial charge in [-0.15, -0.1) is 0 Å². The van der Waals surface area contributed by atoms with Crippen molar-refractivity contribution in [2.45, 2.75) is 6.42 Å². The van der Waals surface area contributed by atoms with Crippen LogP contribution >= 0.6 is 0 Å². The molecule has 0 bridgehead atoms. The Morgan fingerprint density at radius 3 is 2.41 bits per heavy atom. The number of fused-ring (bicyclic) bond motifs is 1. The van der Waals surface area contributed by atoms with Crippen molar-refractivity contribution in [2.75, 3.05) is 20.6 Å². The third kappa shape index (κ3) is 3.24. The molecule has 0 aliphatic heterocycles. The minimum absolute atomic E-state index is 0.940. The van der Waals surface area contributed by atoms with Gasteiger partial charge in [0.05, 0.1) is 0 Å². The van der Waals surface area contributed by atoms with Crippen molar-refractivity contribution in [3.8, 4) is 11.1 Å². The van der Waals surface area contributed by atoms with Crippen molar-refractivity contribution in [1.82, 2.24) is 4.90 Å². The average Bonchev–Trinajstić information content (AvgIpc) is 3.14. The first-order chi connectivity index (χ1) is 13.2. The molecule has 27 heavy (non-hydrogen) atoms. The highest BCUT2D eigenvalue weighted by atomic mass is 15.0. The molecule has 2 nitrogen and oxygen atoms in total. The van der Waals surface area contributed by atoms with Crippen molar-refractivity contribution in [3.63, 3.8) is 0 Å². The van der Waals surface area contributed by atoms with E-state index in [0.717, 1.165) is 29.5 Å². The van der Waals surface area contributed by atoms with E-state index in [1.165, 1.54) is 33.9 Å². The standard InChI is InChI=1S/C25H24N2/c1-27(2)17-19-9-7-13-21(19)22-11-5-6-12-23(22)24-15-14-18-8-3-4-10-20(18)25(24)16-26/h3-12,14-16,26H,13,17H2,1-2H3. The highest BCUT2D eigenvalue weighted by molar-refractivity contribution is 6.06. The molecule has 0 saturated carbocycles. The second-order valence-electron chi connectivity index (χ2n) is 7.29. The van der Waals surface area contributed by atoms with E-state index in [1.54, 1.807) is 0 Å². The summed E-state index contributed by atoms with van der Waals surface area (Å²) in [6, 6.07) is 21.2. The van der Waals surface area contributed by atoms with Gasteiger partial charge in [0, 0.05) is 18.3 Å². The Morgan fingerprint density at radius 2 is 1.63 bits per heavy atom. The molecule has 1 aliphatic rings. The van der Waals surface area contributed by atoms with Crippen LogP contribution in [-0.2, 0) is 0 Å². The van der Waals surface area contributed by atoms with Crippen LogP contribution in [0.2, 0.25) is 0 Å². The second-order valence-corrected chi connectivity index (χ2v) is 7.29. The predicted molar refractivity (Wildman–Crippen MR) is 117 cm³/mol. The van der Waals surface area contributed by atoms with E-state index >= 15 is 0 Å². The van der Waals surface area contributed by atoms with E-state index in [4.69, 9.17) is 5.41 Å². The molecule has 0 spiro atoms. The molecule has 3 aromatic rings. The average molecular weight is 352 g/mol. The Kier molecular flexibility index (Phi) is 4.74. The van der Waals surface area contributed by atoms with E-state index in [1.807, 2.05) is 12.1 Å². The predicted octanol–water partition coefficient (Wildman–Crippen LogP) is 5.78.